The Morgan fingerprint density at radius 2 is 2.00 bits per heavy atom. The van der Waals surface area contributed by atoms with Crippen molar-refractivity contribution in [2.75, 3.05) is 6.26 Å². The highest BCUT2D eigenvalue weighted by molar-refractivity contribution is 7.90. The molecule has 1 saturated carbocycles. The third-order valence-corrected chi connectivity index (χ3v) is 4.81. The van der Waals surface area contributed by atoms with E-state index in [-0.39, 0.29) is 4.90 Å². The summed E-state index contributed by atoms with van der Waals surface area (Å²) >= 11 is 0. The van der Waals surface area contributed by atoms with E-state index in [9.17, 15) is 13.5 Å². The van der Waals surface area contributed by atoms with Crippen molar-refractivity contribution in [1.82, 2.24) is 0 Å². The van der Waals surface area contributed by atoms with Gasteiger partial charge in [-0.2, -0.15) is 0 Å². The second-order valence-electron chi connectivity index (χ2n) is 5.25. The van der Waals surface area contributed by atoms with Gasteiger partial charge in [0.15, 0.2) is 9.84 Å². The van der Waals surface area contributed by atoms with Crippen LogP contribution in [0, 0.1) is 5.92 Å². The second-order valence-corrected chi connectivity index (χ2v) is 7.26. The lowest BCUT2D eigenvalue weighted by Gasteiger charge is -2.16. The minimum Gasteiger partial charge on any atom is -0.388 e. The van der Waals surface area contributed by atoms with Crippen molar-refractivity contribution < 1.29 is 13.5 Å². The van der Waals surface area contributed by atoms with E-state index in [1.165, 1.54) is 31.9 Å². The van der Waals surface area contributed by atoms with Gasteiger partial charge in [0.1, 0.15) is 0 Å². The molecule has 1 atom stereocenters. The van der Waals surface area contributed by atoms with Crippen LogP contribution in [0.1, 0.15) is 43.8 Å². The van der Waals surface area contributed by atoms with Crippen molar-refractivity contribution in [2.45, 2.75) is 43.1 Å². The van der Waals surface area contributed by atoms with E-state index in [4.69, 9.17) is 0 Å². The Morgan fingerprint density at radius 1 is 1.33 bits per heavy atom. The number of benzene rings is 1. The van der Waals surface area contributed by atoms with E-state index >= 15 is 0 Å². The predicted molar refractivity (Wildman–Crippen MR) is 71.1 cm³/mol. The molecule has 0 spiro atoms. The summed E-state index contributed by atoms with van der Waals surface area (Å²) in [5.74, 6) is 0.585. The molecule has 0 aliphatic heterocycles. The predicted octanol–water partition coefficient (Wildman–Crippen LogP) is 2.70. The molecule has 0 amide bonds. The zero-order chi connectivity index (χ0) is 13.2. The van der Waals surface area contributed by atoms with Gasteiger partial charge in [-0.15, -0.1) is 0 Å². The van der Waals surface area contributed by atoms with Crippen LogP contribution in [0.4, 0.5) is 0 Å². The molecule has 1 aromatic rings. The minimum absolute atomic E-state index is 0.283. The van der Waals surface area contributed by atoms with Crippen LogP contribution in [0.25, 0.3) is 0 Å². The van der Waals surface area contributed by atoms with Gasteiger partial charge in [0.25, 0.3) is 0 Å². The Balaban J connectivity index is 2.12. The second kappa shape index (κ2) is 5.41. The van der Waals surface area contributed by atoms with Crippen LogP contribution in [0.2, 0.25) is 0 Å². The number of hydrogen-bond donors (Lipinski definition) is 1. The van der Waals surface area contributed by atoms with Gasteiger partial charge >= 0.3 is 0 Å². The number of rotatable bonds is 4. The summed E-state index contributed by atoms with van der Waals surface area (Å²) in [5.41, 5.74) is 0.713. The van der Waals surface area contributed by atoms with Crippen LogP contribution in [0.5, 0.6) is 0 Å². The molecule has 0 radical (unpaired) electrons. The molecular weight excluding hydrogens is 248 g/mol. The van der Waals surface area contributed by atoms with Gasteiger partial charge in [0.05, 0.1) is 11.0 Å². The first-order valence-corrected chi connectivity index (χ1v) is 8.34. The summed E-state index contributed by atoms with van der Waals surface area (Å²) in [5, 5.41) is 10.2. The fourth-order valence-electron chi connectivity index (χ4n) is 2.65. The molecule has 1 aliphatic carbocycles. The highest BCUT2D eigenvalue weighted by Gasteiger charge is 2.20. The molecule has 0 saturated heterocycles. The molecule has 4 heteroatoms. The molecule has 100 valence electrons. The van der Waals surface area contributed by atoms with Crippen molar-refractivity contribution in [1.29, 1.82) is 0 Å². The van der Waals surface area contributed by atoms with Gasteiger partial charge < -0.3 is 5.11 Å². The highest BCUT2D eigenvalue weighted by atomic mass is 32.2. The third kappa shape index (κ3) is 3.33. The Labute approximate surface area is 109 Å². The Hall–Kier alpha value is -0.870. The molecule has 1 fully saturated rings. The average Bonchev–Trinajstić information content (AvgIpc) is 2.81. The maximum atomic E-state index is 11.5. The molecule has 3 nitrogen and oxygen atoms in total. The Morgan fingerprint density at radius 3 is 2.61 bits per heavy atom. The summed E-state index contributed by atoms with van der Waals surface area (Å²) in [7, 11) is -3.20. The maximum Gasteiger partial charge on any atom is 0.175 e. The lowest BCUT2D eigenvalue weighted by atomic mass is 9.96. The lowest BCUT2D eigenvalue weighted by Crippen LogP contribution is -2.06. The Kier molecular flexibility index (Phi) is 4.07. The van der Waals surface area contributed by atoms with Crippen molar-refractivity contribution in [3.8, 4) is 0 Å². The van der Waals surface area contributed by atoms with Gasteiger partial charge in [-0.25, -0.2) is 8.42 Å². The summed E-state index contributed by atoms with van der Waals surface area (Å²) < 4.78 is 22.9. The van der Waals surface area contributed by atoms with Crippen LogP contribution in [-0.2, 0) is 9.84 Å². The third-order valence-electron chi connectivity index (χ3n) is 3.70. The summed E-state index contributed by atoms with van der Waals surface area (Å²) in [6.07, 6.45) is 6.25. The van der Waals surface area contributed by atoms with Gasteiger partial charge in [0, 0.05) is 6.26 Å². The quantitative estimate of drug-likeness (QED) is 0.913. The van der Waals surface area contributed by atoms with E-state index in [1.807, 2.05) is 0 Å². The van der Waals surface area contributed by atoms with Crippen LogP contribution < -0.4 is 0 Å². The van der Waals surface area contributed by atoms with E-state index in [1.54, 1.807) is 24.3 Å². The maximum absolute atomic E-state index is 11.5. The molecule has 0 heterocycles. The van der Waals surface area contributed by atoms with E-state index in [0.717, 1.165) is 6.42 Å². The molecule has 0 bridgehead atoms. The minimum atomic E-state index is -3.20. The standard InChI is InChI=1S/C14H20O3S/c1-18(16,17)13-8-4-7-12(10-13)14(15)9-11-5-2-3-6-11/h4,7-8,10-11,14-15H,2-3,5-6,9H2,1H3. The number of sulfone groups is 1. The number of aliphatic hydroxyl groups excluding tert-OH is 1. The molecule has 2 rings (SSSR count). The van der Waals surface area contributed by atoms with Crippen LogP contribution >= 0.6 is 0 Å². The van der Waals surface area contributed by atoms with Crippen LogP contribution in [0.15, 0.2) is 29.2 Å². The smallest absolute Gasteiger partial charge is 0.175 e. The van der Waals surface area contributed by atoms with Gasteiger partial charge in [-0.05, 0) is 30.0 Å². The molecule has 1 N–H and O–H groups in total. The van der Waals surface area contributed by atoms with Gasteiger partial charge in [0.2, 0.25) is 0 Å². The van der Waals surface area contributed by atoms with Gasteiger partial charge in [-0.3, -0.25) is 0 Å². The molecule has 1 aromatic carbocycles. The molecule has 1 unspecified atom stereocenters. The first-order valence-electron chi connectivity index (χ1n) is 6.45. The molecular formula is C14H20O3S. The summed E-state index contributed by atoms with van der Waals surface area (Å²) in [6.45, 7) is 0. The van der Waals surface area contributed by atoms with Crippen molar-refractivity contribution in [3.05, 3.63) is 29.8 Å². The highest BCUT2D eigenvalue weighted by Crippen LogP contribution is 2.33. The van der Waals surface area contributed by atoms with Crippen LogP contribution in [0.3, 0.4) is 0 Å². The number of aliphatic hydroxyl groups is 1. The van der Waals surface area contributed by atoms with Crippen molar-refractivity contribution >= 4 is 9.84 Å². The molecule has 18 heavy (non-hydrogen) atoms. The summed E-state index contributed by atoms with van der Waals surface area (Å²) in [6, 6.07) is 6.66. The van der Waals surface area contributed by atoms with Crippen molar-refractivity contribution in [2.24, 2.45) is 5.92 Å². The first-order chi connectivity index (χ1) is 8.47. The topological polar surface area (TPSA) is 54.4 Å². The normalized spacial score (nSPS) is 19.0. The zero-order valence-corrected chi connectivity index (χ0v) is 11.5. The first kappa shape index (κ1) is 13.6. The van der Waals surface area contributed by atoms with E-state index in [2.05, 4.69) is 0 Å². The van der Waals surface area contributed by atoms with Crippen LogP contribution in [-0.4, -0.2) is 19.8 Å². The zero-order valence-electron chi connectivity index (χ0n) is 10.7. The largest absolute Gasteiger partial charge is 0.388 e. The average molecular weight is 268 g/mol. The lowest BCUT2D eigenvalue weighted by molar-refractivity contribution is 0.144. The molecule has 1 aliphatic rings. The molecule has 0 aromatic heterocycles. The van der Waals surface area contributed by atoms with E-state index in [0.29, 0.717) is 11.5 Å². The fourth-order valence-corrected chi connectivity index (χ4v) is 3.33. The van der Waals surface area contributed by atoms with E-state index < -0.39 is 15.9 Å². The fraction of sp³-hybridized carbons (Fsp3) is 0.571. The number of hydrogen-bond acceptors (Lipinski definition) is 3. The van der Waals surface area contributed by atoms with Crippen molar-refractivity contribution in [3.63, 3.8) is 0 Å². The summed E-state index contributed by atoms with van der Waals surface area (Å²) in [4.78, 5) is 0.283. The Bertz CT molecular complexity index is 502. The monoisotopic (exact) mass is 268 g/mol. The SMILES string of the molecule is CS(=O)(=O)c1cccc(C(O)CC2CCCC2)c1. The van der Waals surface area contributed by atoms with Gasteiger partial charge in [-0.1, -0.05) is 37.8 Å².